The van der Waals surface area contributed by atoms with Crippen molar-refractivity contribution in [3.8, 4) is 0 Å². The van der Waals surface area contributed by atoms with Crippen LogP contribution < -0.4 is 0 Å². The SMILES string of the molecule is COCC(COC(=O)OC1CC(O)C(O)C(O)C1CO)OC.COCC(COS(=O)(=O)OC1CC(O)C(O)C(O)C1CO)OC.COCC(COS(=O)OC1CC(O)C(O)C(O)C1CO)OC. The van der Waals surface area contributed by atoms with E-state index < -0.39 is 157 Å². The second-order valence-electron chi connectivity index (χ2n) is 15.5. The fourth-order valence-corrected chi connectivity index (χ4v) is 8.46. The van der Waals surface area contributed by atoms with E-state index >= 15 is 0 Å². The number of aliphatic hydroxyl groups excluding tert-OH is 12. The highest BCUT2D eigenvalue weighted by atomic mass is 32.3. The summed E-state index contributed by atoms with van der Waals surface area (Å²) < 4.78 is 94.4. The standard InChI is InChI=1S/C13H24O9.C12H24O10S.C12H24O9S/c1-19-5-7(20-2)6-21-13(18)22-10-3-9(15)12(17)11(16)8(10)4-14;1-19-5-7(20-2)6-21-23(17,18)22-10-3-9(14)12(16)11(15)8(10)4-13;1-18-5-7(19-2)6-20-22(17)21-10-3-9(14)12(16)11(15)8(10)4-13/h7-12,14-17H,3-6H2,1-2H3;7-16H,3-6H2,1-2H3;7-16H,3-6H2,1-2H3. The van der Waals surface area contributed by atoms with Gasteiger partial charge in [0.05, 0.1) is 102 Å². The van der Waals surface area contributed by atoms with Gasteiger partial charge in [0.2, 0.25) is 0 Å². The average Bonchev–Trinajstić information content (AvgIpc) is 3.29. The van der Waals surface area contributed by atoms with Gasteiger partial charge in [0.15, 0.2) is 0 Å². The van der Waals surface area contributed by atoms with Gasteiger partial charge in [0.25, 0.3) is 0 Å². The number of hydrogen-bond donors (Lipinski definition) is 12. The van der Waals surface area contributed by atoms with Gasteiger partial charge in [0.1, 0.15) is 49.3 Å². The van der Waals surface area contributed by atoms with Gasteiger partial charge in [-0.2, -0.15) is 12.6 Å². The zero-order valence-electron chi connectivity index (χ0n) is 38.1. The largest absolute Gasteiger partial charge is 0.508 e. The van der Waals surface area contributed by atoms with E-state index in [-0.39, 0.29) is 58.9 Å². The maximum absolute atomic E-state index is 11.8. The minimum Gasteiger partial charge on any atom is -0.431 e. The number of aliphatic hydroxyl groups is 12. The molecule has 3 aliphatic carbocycles. The van der Waals surface area contributed by atoms with Crippen molar-refractivity contribution in [1.29, 1.82) is 0 Å². The fraction of sp³-hybridized carbons (Fsp3) is 0.973. The minimum absolute atomic E-state index is 0.0405. The van der Waals surface area contributed by atoms with Crippen molar-refractivity contribution in [3.63, 3.8) is 0 Å². The predicted molar refractivity (Wildman–Crippen MR) is 223 cm³/mol. The maximum Gasteiger partial charge on any atom is 0.508 e. The van der Waals surface area contributed by atoms with Gasteiger partial charge in [-0.05, 0) is 0 Å². The van der Waals surface area contributed by atoms with E-state index in [1.54, 1.807) is 0 Å². The molecule has 0 amide bonds. The molecule has 0 aromatic rings. The van der Waals surface area contributed by atoms with Gasteiger partial charge in [-0.15, -0.1) is 0 Å². The Labute approximate surface area is 391 Å². The maximum atomic E-state index is 11.8. The summed E-state index contributed by atoms with van der Waals surface area (Å²) in [6.45, 7) is -1.51. The molecule has 3 rings (SSSR count). The van der Waals surface area contributed by atoms with Crippen LogP contribution in [-0.2, 0) is 76.4 Å². The molecule has 0 aliphatic heterocycles. The predicted octanol–water partition coefficient (Wildman–Crippen LogP) is -6.62. The summed E-state index contributed by atoms with van der Waals surface area (Å²) in [5.41, 5.74) is 0. The van der Waals surface area contributed by atoms with Crippen LogP contribution in [0.2, 0.25) is 0 Å². The Morgan fingerprint density at radius 1 is 0.537 bits per heavy atom. The normalized spacial score (nSPS) is 34.0. The van der Waals surface area contributed by atoms with Crippen LogP contribution in [0.4, 0.5) is 4.79 Å². The minimum atomic E-state index is -4.46. The third kappa shape index (κ3) is 21.4. The molecule has 0 bridgehead atoms. The quantitative estimate of drug-likeness (QED) is 0.0378. The zero-order chi connectivity index (χ0) is 51.0. The monoisotopic (exact) mass is 1030 g/mol. The highest BCUT2D eigenvalue weighted by Crippen LogP contribution is 2.31. The first kappa shape index (κ1) is 63.5. The van der Waals surface area contributed by atoms with Crippen molar-refractivity contribution in [2.75, 3.05) is 102 Å². The lowest BCUT2D eigenvalue weighted by molar-refractivity contribution is -0.164. The van der Waals surface area contributed by atoms with Crippen molar-refractivity contribution in [2.45, 2.75) is 111 Å². The van der Waals surface area contributed by atoms with Gasteiger partial charge >= 0.3 is 27.9 Å². The van der Waals surface area contributed by atoms with Crippen molar-refractivity contribution < 1.29 is 133 Å². The van der Waals surface area contributed by atoms with Crippen LogP contribution in [-0.4, -0.2) is 274 Å². The third-order valence-corrected chi connectivity index (χ3v) is 12.6. The van der Waals surface area contributed by atoms with Gasteiger partial charge in [0, 0.05) is 79.7 Å². The van der Waals surface area contributed by atoms with Crippen molar-refractivity contribution in [3.05, 3.63) is 0 Å². The lowest BCUT2D eigenvalue weighted by Crippen LogP contribution is -2.55. The lowest BCUT2D eigenvalue weighted by Gasteiger charge is -2.39. The Hall–Kier alpha value is -1.51. The lowest BCUT2D eigenvalue weighted by atomic mass is 9.81. The van der Waals surface area contributed by atoms with E-state index in [0.29, 0.717) is 0 Å². The van der Waals surface area contributed by atoms with Crippen LogP contribution in [0.15, 0.2) is 0 Å². The van der Waals surface area contributed by atoms with Crippen LogP contribution in [0.5, 0.6) is 0 Å². The van der Waals surface area contributed by atoms with Gasteiger partial charge in [-0.3, -0.25) is 8.37 Å². The van der Waals surface area contributed by atoms with Crippen LogP contribution in [0.3, 0.4) is 0 Å². The number of methoxy groups -OCH3 is 6. The Bertz CT molecular complexity index is 1390. The average molecular weight is 1030 g/mol. The summed E-state index contributed by atoms with van der Waals surface area (Å²) in [4.78, 5) is 11.6. The molecule has 28 nitrogen and oxygen atoms in total. The van der Waals surface area contributed by atoms with E-state index in [0.717, 1.165) is 0 Å². The smallest absolute Gasteiger partial charge is 0.431 e. The van der Waals surface area contributed by atoms with Crippen LogP contribution in [0.1, 0.15) is 19.3 Å². The molecule has 12 N–H and O–H groups in total. The Morgan fingerprint density at radius 3 is 1.33 bits per heavy atom. The number of carbonyl (C=O) groups excluding carboxylic acids is 1. The van der Waals surface area contributed by atoms with Crippen molar-refractivity contribution in [1.82, 2.24) is 0 Å². The number of ether oxygens (including phenoxy) is 8. The molecule has 0 heterocycles. The topological polar surface area (TPSA) is 422 Å². The molecular weight excluding hydrogens is 957 g/mol. The first-order valence-electron chi connectivity index (χ1n) is 20.8. The van der Waals surface area contributed by atoms with Crippen molar-refractivity contribution in [2.24, 2.45) is 17.8 Å². The van der Waals surface area contributed by atoms with Crippen molar-refractivity contribution >= 4 is 27.9 Å². The molecule has 0 saturated heterocycles. The molecule has 0 aromatic heterocycles. The van der Waals surface area contributed by atoms with E-state index in [4.69, 9.17) is 50.4 Å². The molecule has 19 atom stereocenters. The number of carbonyl (C=O) groups is 1. The molecule has 3 aliphatic rings. The highest BCUT2D eigenvalue weighted by Gasteiger charge is 2.47. The molecule has 3 fully saturated rings. The molecule has 3 saturated carbocycles. The first-order chi connectivity index (χ1) is 31.6. The van der Waals surface area contributed by atoms with E-state index in [1.165, 1.54) is 42.7 Å². The molecule has 400 valence electrons. The second-order valence-corrected chi connectivity index (χ2v) is 17.6. The summed E-state index contributed by atoms with van der Waals surface area (Å²) in [6.07, 6.45) is -18.5. The van der Waals surface area contributed by atoms with E-state index in [9.17, 15) is 78.7 Å². The molecular formula is C37H72O28S2. The summed E-state index contributed by atoms with van der Waals surface area (Å²) in [6, 6.07) is 0. The van der Waals surface area contributed by atoms with E-state index in [2.05, 4.69) is 4.18 Å². The summed E-state index contributed by atoms with van der Waals surface area (Å²) in [5.74, 6) is -2.85. The summed E-state index contributed by atoms with van der Waals surface area (Å²) in [7, 11) is 4.17. The third-order valence-electron chi connectivity index (χ3n) is 10.9. The van der Waals surface area contributed by atoms with Gasteiger partial charge in [-0.1, -0.05) is 0 Å². The van der Waals surface area contributed by atoms with E-state index in [1.807, 2.05) is 0 Å². The van der Waals surface area contributed by atoms with Gasteiger partial charge < -0.3 is 99.2 Å². The second kappa shape index (κ2) is 33.2. The molecule has 19 unspecified atom stereocenters. The fourth-order valence-electron chi connectivity index (χ4n) is 6.82. The molecule has 0 radical (unpaired) electrons. The molecule has 0 aromatic carbocycles. The molecule has 0 spiro atoms. The van der Waals surface area contributed by atoms with Crippen LogP contribution in [0.25, 0.3) is 0 Å². The number of rotatable bonds is 25. The Balaban J connectivity index is 0.000000503. The first-order valence-corrected chi connectivity index (χ1v) is 23.1. The Morgan fingerprint density at radius 2 is 0.910 bits per heavy atom. The summed E-state index contributed by atoms with van der Waals surface area (Å²) in [5, 5.41) is 115. The van der Waals surface area contributed by atoms with Gasteiger partial charge in [-0.25, -0.2) is 13.2 Å². The molecule has 30 heteroatoms. The molecule has 67 heavy (non-hydrogen) atoms. The number of hydrogen-bond acceptors (Lipinski definition) is 28. The highest BCUT2D eigenvalue weighted by molar-refractivity contribution is 7.81. The summed E-state index contributed by atoms with van der Waals surface area (Å²) >= 11 is -2.16. The van der Waals surface area contributed by atoms with Crippen LogP contribution in [0, 0.1) is 17.8 Å². The van der Waals surface area contributed by atoms with Crippen LogP contribution >= 0.6 is 0 Å². The zero-order valence-corrected chi connectivity index (χ0v) is 39.7. The Kier molecular flexibility index (Phi) is 31.5.